The number of carbonyl (C=O) groups is 2. The lowest BCUT2D eigenvalue weighted by Gasteiger charge is -2.25. The number of benzene rings is 2. The van der Waals surface area contributed by atoms with Gasteiger partial charge in [-0.1, -0.05) is 12.1 Å². The zero-order chi connectivity index (χ0) is 18.2. The van der Waals surface area contributed by atoms with Gasteiger partial charge in [-0.05, 0) is 35.9 Å². The van der Waals surface area contributed by atoms with Crippen LogP contribution in [0.5, 0.6) is 0 Å². The minimum absolute atomic E-state index is 0.0329. The van der Waals surface area contributed by atoms with Crippen LogP contribution < -0.4 is 10.6 Å². The molecule has 0 saturated carbocycles. The van der Waals surface area contributed by atoms with Crippen LogP contribution in [0.4, 0.5) is 28.9 Å². The topological polar surface area (TPSA) is 58.2 Å². The second kappa shape index (κ2) is 6.19. The minimum Gasteiger partial charge on any atom is -0.326 e. The molecule has 25 heavy (non-hydrogen) atoms. The van der Waals surface area contributed by atoms with Crippen LogP contribution in [0.3, 0.4) is 0 Å². The number of nitrogens with one attached hydrogen (secondary N) is 2. The minimum atomic E-state index is -4.53. The molecule has 0 fully saturated rings. The van der Waals surface area contributed by atoms with Gasteiger partial charge in [0.2, 0.25) is 11.8 Å². The molecule has 2 aromatic carbocycles. The lowest BCUT2D eigenvalue weighted by molar-refractivity contribution is -0.137. The van der Waals surface area contributed by atoms with E-state index in [0.29, 0.717) is 5.56 Å². The van der Waals surface area contributed by atoms with Crippen LogP contribution in [-0.4, -0.2) is 11.8 Å². The molecular weight excluding hydrogens is 340 g/mol. The highest BCUT2D eigenvalue weighted by atomic mass is 19.4. The van der Waals surface area contributed by atoms with E-state index in [4.69, 9.17) is 0 Å². The zero-order valence-corrected chi connectivity index (χ0v) is 12.7. The van der Waals surface area contributed by atoms with Crippen molar-refractivity contribution in [3.8, 4) is 0 Å². The van der Waals surface area contributed by atoms with Crippen molar-refractivity contribution in [2.75, 3.05) is 10.6 Å². The summed E-state index contributed by atoms with van der Waals surface area (Å²) in [6, 6.07) is 7.82. The Morgan fingerprint density at radius 3 is 2.64 bits per heavy atom. The van der Waals surface area contributed by atoms with Crippen molar-refractivity contribution in [1.82, 2.24) is 0 Å². The van der Waals surface area contributed by atoms with Crippen molar-refractivity contribution in [3.05, 3.63) is 59.4 Å². The van der Waals surface area contributed by atoms with E-state index in [0.717, 1.165) is 24.3 Å². The molecule has 1 unspecified atom stereocenters. The average molecular weight is 352 g/mol. The van der Waals surface area contributed by atoms with Crippen LogP contribution in [0, 0.1) is 5.82 Å². The quantitative estimate of drug-likeness (QED) is 0.805. The molecule has 0 saturated heterocycles. The van der Waals surface area contributed by atoms with Crippen molar-refractivity contribution in [3.63, 3.8) is 0 Å². The first-order chi connectivity index (χ1) is 11.7. The molecule has 130 valence electrons. The Kier molecular flexibility index (Phi) is 4.20. The van der Waals surface area contributed by atoms with Crippen molar-refractivity contribution in [2.24, 2.45) is 0 Å². The Balaban J connectivity index is 1.86. The van der Waals surface area contributed by atoms with Crippen molar-refractivity contribution < 1.29 is 27.2 Å². The molecule has 1 aliphatic heterocycles. The van der Waals surface area contributed by atoms with Gasteiger partial charge in [-0.3, -0.25) is 9.59 Å². The third-order valence-corrected chi connectivity index (χ3v) is 3.83. The van der Waals surface area contributed by atoms with E-state index >= 15 is 0 Å². The third kappa shape index (κ3) is 3.62. The highest BCUT2D eigenvalue weighted by Gasteiger charge is 2.32. The van der Waals surface area contributed by atoms with Crippen LogP contribution in [0.25, 0.3) is 0 Å². The summed E-state index contributed by atoms with van der Waals surface area (Å²) < 4.78 is 51.5. The Morgan fingerprint density at radius 1 is 1.16 bits per heavy atom. The average Bonchev–Trinajstić information content (AvgIpc) is 2.53. The number of rotatable bonds is 2. The van der Waals surface area contributed by atoms with Gasteiger partial charge in [0.1, 0.15) is 5.82 Å². The van der Waals surface area contributed by atoms with E-state index in [2.05, 4.69) is 10.6 Å². The highest BCUT2D eigenvalue weighted by molar-refractivity contribution is 6.05. The van der Waals surface area contributed by atoms with Gasteiger partial charge in [0.25, 0.3) is 0 Å². The molecule has 0 aromatic heterocycles. The molecule has 4 nitrogen and oxygen atoms in total. The highest BCUT2D eigenvalue weighted by Crippen LogP contribution is 2.34. The first kappa shape index (κ1) is 16.9. The number of amides is 2. The predicted octanol–water partition coefficient (Wildman–Crippen LogP) is 3.91. The van der Waals surface area contributed by atoms with E-state index < -0.39 is 35.3 Å². The number of alkyl halides is 3. The summed E-state index contributed by atoms with van der Waals surface area (Å²) in [5.74, 6) is -2.60. The first-order valence-electron chi connectivity index (χ1n) is 7.31. The Bertz CT molecular complexity index is 849. The van der Waals surface area contributed by atoms with E-state index in [1.807, 2.05) is 0 Å². The number of anilines is 2. The second-order valence-corrected chi connectivity index (χ2v) is 5.60. The Labute approximate surface area is 139 Å². The summed E-state index contributed by atoms with van der Waals surface area (Å²) in [6.45, 7) is 0. The molecule has 2 amide bonds. The molecule has 2 N–H and O–H groups in total. The van der Waals surface area contributed by atoms with Gasteiger partial charge >= 0.3 is 6.18 Å². The maximum atomic E-state index is 13.3. The summed E-state index contributed by atoms with van der Waals surface area (Å²) in [6.07, 6.45) is -4.71. The van der Waals surface area contributed by atoms with E-state index in [9.17, 15) is 27.2 Å². The zero-order valence-electron chi connectivity index (χ0n) is 12.7. The molecular formula is C17H12F4N2O2. The van der Waals surface area contributed by atoms with Crippen molar-refractivity contribution in [1.29, 1.82) is 0 Å². The molecule has 0 spiro atoms. The number of carbonyl (C=O) groups excluding carboxylic acids is 2. The number of fused-ring (bicyclic) bond motifs is 1. The summed E-state index contributed by atoms with van der Waals surface area (Å²) in [4.78, 5) is 24.2. The Hall–Kier alpha value is -2.90. The molecule has 1 atom stereocenters. The van der Waals surface area contributed by atoms with Crippen LogP contribution in [0.2, 0.25) is 0 Å². The summed E-state index contributed by atoms with van der Waals surface area (Å²) in [5.41, 5.74) is -0.338. The monoisotopic (exact) mass is 352 g/mol. The Morgan fingerprint density at radius 2 is 1.92 bits per heavy atom. The van der Waals surface area contributed by atoms with Crippen LogP contribution in [0.15, 0.2) is 42.5 Å². The lowest BCUT2D eigenvalue weighted by Crippen LogP contribution is -2.31. The van der Waals surface area contributed by atoms with E-state index in [-0.39, 0.29) is 17.8 Å². The van der Waals surface area contributed by atoms with Gasteiger partial charge in [0, 0.05) is 17.8 Å². The van der Waals surface area contributed by atoms with Crippen LogP contribution in [0.1, 0.15) is 23.5 Å². The van der Waals surface area contributed by atoms with Gasteiger partial charge in [-0.15, -0.1) is 0 Å². The van der Waals surface area contributed by atoms with Gasteiger partial charge in [0.05, 0.1) is 11.5 Å². The summed E-state index contributed by atoms with van der Waals surface area (Å²) in [5, 5.41) is 4.86. The molecule has 1 heterocycles. The number of hydrogen-bond donors (Lipinski definition) is 2. The number of hydrogen-bond acceptors (Lipinski definition) is 2. The second-order valence-electron chi connectivity index (χ2n) is 5.60. The van der Waals surface area contributed by atoms with Gasteiger partial charge in [0.15, 0.2) is 0 Å². The maximum Gasteiger partial charge on any atom is 0.416 e. The third-order valence-electron chi connectivity index (χ3n) is 3.83. The predicted molar refractivity (Wildman–Crippen MR) is 82.5 cm³/mol. The van der Waals surface area contributed by atoms with Crippen molar-refractivity contribution in [2.45, 2.75) is 18.5 Å². The van der Waals surface area contributed by atoms with Crippen LogP contribution >= 0.6 is 0 Å². The fourth-order valence-corrected chi connectivity index (χ4v) is 2.67. The van der Waals surface area contributed by atoms with E-state index in [1.54, 1.807) is 0 Å². The largest absolute Gasteiger partial charge is 0.416 e. The van der Waals surface area contributed by atoms with Gasteiger partial charge in [-0.2, -0.15) is 13.2 Å². The standard InChI is InChI=1S/C17H12F4N2O2/c18-10-4-5-12-13(8-15(24)23-14(12)7-10)16(25)22-11-3-1-2-9(6-11)17(19,20)21/h1-7,13H,8H2,(H,22,25)(H,23,24). The summed E-state index contributed by atoms with van der Waals surface area (Å²) in [7, 11) is 0. The van der Waals surface area contributed by atoms with Crippen molar-refractivity contribution >= 4 is 23.2 Å². The molecule has 0 bridgehead atoms. The fourth-order valence-electron chi connectivity index (χ4n) is 2.67. The summed E-state index contributed by atoms with van der Waals surface area (Å²) >= 11 is 0. The van der Waals surface area contributed by atoms with Gasteiger partial charge in [-0.25, -0.2) is 4.39 Å². The lowest BCUT2D eigenvalue weighted by atomic mass is 9.89. The molecule has 8 heteroatoms. The number of halogens is 4. The SMILES string of the molecule is O=C1CC(C(=O)Nc2cccc(C(F)(F)F)c2)c2ccc(F)cc2N1. The fraction of sp³-hybridized carbons (Fsp3) is 0.176. The van der Waals surface area contributed by atoms with Gasteiger partial charge < -0.3 is 10.6 Å². The molecule has 0 aliphatic carbocycles. The molecule has 0 radical (unpaired) electrons. The van der Waals surface area contributed by atoms with E-state index in [1.165, 1.54) is 18.2 Å². The first-order valence-corrected chi connectivity index (χ1v) is 7.31. The molecule has 3 rings (SSSR count). The maximum absolute atomic E-state index is 13.3. The molecule has 2 aromatic rings. The van der Waals surface area contributed by atoms with Crippen LogP contribution in [-0.2, 0) is 15.8 Å². The molecule has 1 aliphatic rings. The normalized spacial score (nSPS) is 16.8. The smallest absolute Gasteiger partial charge is 0.326 e.